The molecule has 0 amide bonds. The van der Waals surface area contributed by atoms with Crippen LogP contribution in [-0.4, -0.2) is 34.1 Å². The van der Waals surface area contributed by atoms with E-state index in [1.807, 2.05) is 6.92 Å². The van der Waals surface area contributed by atoms with Gasteiger partial charge in [-0.2, -0.15) is 5.10 Å². The molecule has 1 aliphatic heterocycles. The van der Waals surface area contributed by atoms with Crippen molar-refractivity contribution >= 4 is 5.97 Å². The Morgan fingerprint density at radius 3 is 2.73 bits per heavy atom. The second kappa shape index (κ2) is 3.66. The van der Waals surface area contributed by atoms with Crippen LogP contribution in [0.2, 0.25) is 0 Å². The molecule has 1 aliphatic rings. The van der Waals surface area contributed by atoms with Crippen LogP contribution in [0.1, 0.15) is 18.4 Å². The maximum absolute atomic E-state index is 11.4. The van der Waals surface area contributed by atoms with Gasteiger partial charge in [0.1, 0.15) is 0 Å². The predicted octanol–water partition coefficient (Wildman–Crippen LogP) is 0.782. The normalized spacial score (nSPS) is 20.1. The fraction of sp³-hybridized carbons (Fsp3) is 0.600. The molecule has 5 heteroatoms. The maximum Gasteiger partial charge on any atom is 0.331 e. The number of rotatable bonds is 2. The van der Waals surface area contributed by atoms with E-state index in [0.717, 1.165) is 5.56 Å². The van der Waals surface area contributed by atoms with Crippen molar-refractivity contribution in [3.63, 3.8) is 0 Å². The third-order valence-electron chi connectivity index (χ3n) is 2.87. The first-order chi connectivity index (χ1) is 7.15. The van der Waals surface area contributed by atoms with Gasteiger partial charge in [0.25, 0.3) is 0 Å². The Kier molecular flexibility index (Phi) is 2.48. The van der Waals surface area contributed by atoms with Gasteiger partial charge in [-0.05, 0) is 12.5 Å². The average Bonchev–Trinajstić information content (AvgIpc) is 2.66. The molecule has 0 atom stereocenters. The minimum Gasteiger partial charge on any atom is -0.479 e. The summed E-state index contributed by atoms with van der Waals surface area (Å²) in [6, 6.07) is 0. The number of aryl methyl sites for hydroxylation is 1. The Balaban J connectivity index is 2.37. The summed E-state index contributed by atoms with van der Waals surface area (Å²) in [4.78, 5) is 11.4. The van der Waals surface area contributed by atoms with Gasteiger partial charge in [0, 0.05) is 32.3 Å². The highest BCUT2D eigenvalue weighted by Crippen LogP contribution is 2.29. The van der Waals surface area contributed by atoms with Crippen LogP contribution in [0, 0.1) is 6.92 Å². The second-order valence-corrected chi connectivity index (χ2v) is 3.91. The zero-order chi connectivity index (χ0) is 10.9. The van der Waals surface area contributed by atoms with Crippen molar-refractivity contribution in [3.05, 3.63) is 18.0 Å². The highest BCUT2D eigenvalue weighted by molar-refractivity contribution is 5.76. The summed E-state index contributed by atoms with van der Waals surface area (Å²) in [5, 5.41) is 13.4. The van der Waals surface area contributed by atoms with Crippen LogP contribution in [-0.2, 0) is 15.1 Å². The predicted molar refractivity (Wildman–Crippen MR) is 52.6 cm³/mol. The van der Waals surface area contributed by atoms with Gasteiger partial charge in [0.05, 0.1) is 6.20 Å². The van der Waals surface area contributed by atoms with E-state index in [1.54, 1.807) is 17.1 Å². The second-order valence-electron chi connectivity index (χ2n) is 3.91. The van der Waals surface area contributed by atoms with Gasteiger partial charge in [-0.15, -0.1) is 0 Å². The molecule has 1 saturated heterocycles. The van der Waals surface area contributed by atoms with Gasteiger partial charge in [-0.25, -0.2) is 4.79 Å². The molecule has 0 bridgehead atoms. The molecule has 0 aliphatic carbocycles. The molecule has 82 valence electrons. The zero-order valence-electron chi connectivity index (χ0n) is 8.64. The van der Waals surface area contributed by atoms with E-state index in [-0.39, 0.29) is 0 Å². The van der Waals surface area contributed by atoms with Crippen molar-refractivity contribution in [1.29, 1.82) is 0 Å². The number of hydrogen-bond donors (Lipinski definition) is 1. The maximum atomic E-state index is 11.4. The van der Waals surface area contributed by atoms with E-state index < -0.39 is 11.5 Å². The molecule has 0 saturated carbocycles. The molecule has 2 rings (SSSR count). The largest absolute Gasteiger partial charge is 0.479 e. The molecule has 1 aromatic heterocycles. The molecular weight excluding hydrogens is 196 g/mol. The molecule has 1 N–H and O–H groups in total. The summed E-state index contributed by atoms with van der Waals surface area (Å²) in [7, 11) is 0. The first-order valence-electron chi connectivity index (χ1n) is 4.98. The molecule has 0 aromatic carbocycles. The molecule has 0 radical (unpaired) electrons. The van der Waals surface area contributed by atoms with Crippen molar-refractivity contribution in [2.75, 3.05) is 13.2 Å². The Labute approximate surface area is 87.7 Å². The standard InChI is InChI=1S/C10H14N2O3/c1-8-6-11-12(7-8)10(9(13)14)2-4-15-5-3-10/h6-7H,2-5H2,1H3,(H,13,14). The quantitative estimate of drug-likeness (QED) is 0.783. The molecular formula is C10H14N2O3. The van der Waals surface area contributed by atoms with Gasteiger partial charge >= 0.3 is 5.97 Å². The van der Waals surface area contributed by atoms with Crippen LogP contribution in [0.5, 0.6) is 0 Å². The van der Waals surface area contributed by atoms with Crippen molar-refractivity contribution < 1.29 is 14.6 Å². The van der Waals surface area contributed by atoms with Crippen LogP contribution in [0.4, 0.5) is 0 Å². The lowest BCUT2D eigenvalue weighted by molar-refractivity contribution is -0.153. The zero-order valence-corrected chi connectivity index (χ0v) is 8.64. The Bertz CT molecular complexity index is 366. The summed E-state index contributed by atoms with van der Waals surface area (Å²) in [5.41, 5.74) is 0.0640. The minimum atomic E-state index is -0.910. The number of ether oxygens (including phenoxy) is 1. The van der Waals surface area contributed by atoms with E-state index in [0.29, 0.717) is 26.1 Å². The summed E-state index contributed by atoms with van der Waals surface area (Å²) in [6.07, 6.45) is 4.41. The van der Waals surface area contributed by atoms with Crippen LogP contribution < -0.4 is 0 Å². The van der Waals surface area contributed by atoms with Gasteiger partial charge in [-0.1, -0.05) is 0 Å². The highest BCUT2D eigenvalue weighted by atomic mass is 16.5. The van der Waals surface area contributed by atoms with Crippen LogP contribution in [0.15, 0.2) is 12.4 Å². The van der Waals surface area contributed by atoms with Gasteiger partial charge in [0.2, 0.25) is 0 Å². The molecule has 15 heavy (non-hydrogen) atoms. The smallest absolute Gasteiger partial charge is 0.331 e. The van der Waals surface area contributed by atoms with Gasteiger partial charge < -0.3 is 9.84 Å². The number of hydrogen-bond acceptors (Lipinski definition) is 3. The Morgan fingerprint density at radius 1 is 1.60 bits per heavy atom. The molecule has 1 aromatic rings. The van der Waals surface area contributed by atoms with Crippen molar-refractivity contribution in [2.24, 2.45) is 0 Å². The van der Waals surface area contributed by atoms with Gasteiger partial charge in [-0.3, -0.25) is 4.68 Å². The van der Waals surface area contributed by atoms with E-state index >= 15 is 0 Å². The van der Waals surface area contributed by atoms with E-state index in [9.17, 15) is 9.90 Å². The lowest BCUT2D eigenvalue weighted by Gasteiger charge is -2.33. The number of carboxylic acid groups (broad SMARTS) is 1. The molecule has 0 spiro atoms. The summed E-state index contributed by atoms with van der Waals surface area (Å²) < 4.78 is 6.76. The molecule has 5 nitrogen and oxygen atoms in total. The first-order valence-corrected chi connectivity index (χ1v) is 4.98. The highest BCUT2D eigenvalue weighted by Gasteiger charge is 2.42. The SMILES string of the molecule is Cc1cnn(C2(C(=O)O)CCOCC2)c1. The number of nitrogens with zero attached hydrogens (tertiary/aromatic N) is 2. The summed E-state index contributed by atoms with van der Waals surface area (Å²) >= 11 is 0. The molecule has 0 unspecified atom stereocenters. The van der Waals surface area contributed by atoms with E-state index in [2.05, 4.69) is 5.10 Å². The Morgan fingerprint density at radius 2 is 2.27 bits per heavy atom. The van der Waals surface area contributed by atoms with Crippen LogP contribution in [0.3, 0.4) is 0 Å². The lowest BCUT2D eigenvalue weighted by atomic mass is 9.90. The third-order valence-corrected chi connectivity index (χ3v) is 2.87. The average molecular weight is 210 g/mol. The van der Waals surface area contributed by atoms with Crippen molar-refractivity contribution in [1.82, 2.24) is 9.78 Å². The fourth-order valence-corrected chi connectivity index (χ4v) is 1.90. The lowest BCUT2D eigenvalue weighted by Crippen LogP contribution is -2.46. The number of aromatic nitrogens is 2. The minimum absolute atomic E-state index is 0.476. The molecule has 2 heterocycles. The molecule has 1 fully saturated rings. The van der Waals surface area contributed by atoms with Gasteiger partial charge in [0.15, 0.2) is 5.54 Å². The van der Waals surface area contributed by atoms with E-state index in [4.69, 9.17) is 4.74 Å². The fourth-order valence-electron chi connectivity index (χ4n) is 1.90. The monoisotopic (exact) mass is 210 g/mol. The van der Waals surface area contributed by atoms with Crippen molar-refractivity contribution in [2.45, 2.75) is 25.3 Å². The Hall–Kier alpha value is -1.36. The van der Waals surface area contributed by atoms with Crippen molar-refractivity contribution in [3.8, 4) is 0 Å². The van der Waals surface area contributed by atoms with Crippen LogP contribution in [0.25, 0.3) is 0 Å². The van der Waals surface area contributed by atoms with E-state index in [1.165, 1.54) is 0 Å². The summed E-state index contributed by atoms with van der Waals surface area (Å²) in [5.74, 6) is -0.825. The number of carboxylic acids is 1. The third kappa shape index (κ3) is 1.63. The topological polar surface area (TPSA) is 64.4 Å². The first kappa shape index (κ1) is 10.2. The van der Waals surface area contributed by atoms with Crippen LogP contribution >= 0.6 is 0 Å². The number of aliphatic carboxylic acids is 1. The number of carbonyl (C=O) groups is 1. The summed E-state index contributed by atoms with van der Waals surface area (Å²) in [6.45, 7) is 2.86.